The Kier molecular flexibility index (Phi) is 4.79. The predicted molar refractivity (Wildman–Crippen MR) is 93.8 cm³/mol. The zero-order valence-electron chi connectivity index (χ0n) is 12.8. The maximum absolute atomic E-state index is 6.10. The molecule has 0 radical (unpaired) electrons. The molecular formula is C19H17ClN2O. The second-order valence-corrected chi connectivity index (χ2v) is 5.73. The number of hydrogen-bond acceptors (Lipinski definition) is 2. The van der Waals surface area contributed by atoms with Gasteiger partial charge in [-0.3, -0.25) is 0 Å². The SMILES string of the molecule is CC(=Cc1ccc(Oc2ccccc2Cl)cc1)Cn1ccnc1. The fourth-order valence-electron chi connectivity index (χ4n) is 2.28. The minimum atomic E-state index is 0.604. The monoisotopic (exact) mass is 324 g/mol. The number of rotatable bonds is 5. The number of ether oxygens (including phenoxy) is 1. The summed E-state index contributed by atoms with van der Waals surface area (Å²) < 4.78 is 7.83. The Bertz CT molecular complexity index is 793. The number of para-hydroxylation sites is 1. The molecule has 0 fully saturated rings. The number of nitrogens with zero attached hydrogens (tertiary/aromatic N) is 2. The molecule has 0 bridgehead atoms. The van der Waals surface area contributed by atoms with Crippen LogP contribution in [0.5, 0.6) is 11.5 Å². The van der Waals surface area contributed by atoms with Crippen molar-refractivity contribution in [1.82, 2.24) is 9.55 Å². The lowest BCUT2D eigenvalue weighted by molar-refractivity contribution is 0.483. The van der Waals surface area contributed by atoms with E-state index in [0.29, 0.717) is 10.8 Å². The number of benzene rings is 2. The highest BCUT2D eigenvalue weighted by molar-refractivity contribution is 6.32. The van der Waals surface area contributed by atoms with E-state index in [1.165, 1.54) is 5.57 Å². The molecule has 0 aliphatic rings. The van der Waals surface area contributed by atoms with Gasteiger partial charge in [0, 0.05) is 18.9 Å². The fourth-order valence-corrected chi connectivity index (χ4v) is 2.46. The second kappa shape index (κ2) is 7.16. The summed E-state index contributed by atoms with van der Waals surface area (Å²) in [6.45, 7) is 2.94. The third-order valence-corrected chi connectivity index (χ3v) is 3.66. The van der Waals surface area contributed by atoms with Gasteiger partial charge in [-0.2, -0.15) is 0 Å². The van der Waals surface area contributed by atoms with E-state index in [2.05, 4.69) is 18.0 Å². The largest absolute Gasteiger partial charge is 0.456 e. The van der Waals surface area contributed by atoms with Crippen molar-refractivity contribution < 1.29 is 4.74 Å². The molecule has 0 saturated heterocycles. The highest BCUT2D eigenvalue weighted by atomic mass is 35.5. The molecule has 0 N–H and O–H groups in total. The van der Waals surface area contributed by atoms with E-state index in [0.717, 1.165) is 17.9 Å². The number of aromatic nitrogens is 2. The molecular weight excluding hydrogens is 308 g/mol. The third kappa shape index (κ3) is 4.24. The van der Waals surface area contributed by atoms with Crippen molar-refractivity contribution in [2.45, 2.75) is 13.5 Å². The number of hydrogen-bond donors (Lipinski definition) is 0. The van der Waals surface area contributed by atoms with Gasteiger partial charge in [0.05, 0.1) is 11.3 Å². The van der Waals surface area contributed by atoms with Gasteiger partial charge in [-0.15, -0.1) is 0 Å². The highest BCUT2D eigenvalue weighted by Crippen LogP contribution is 2.29. The summed E-state index contributed by atoms with van der Waals surface area (Å²) in [5, 5.41) is 0.604. The Morgan fingerprint density at radius 1 is 1.17 bits per heavy atom. The van der Waals surface area contributed by atoms with E-state index in [-0.39, 0.29) is 0 Å². The lowest BCUT2D eigenvalue weighted by atomic mass is 10.1. The van der Waals surface area contributed by atoms with E-state index >= 15 is 0 Å². The van der Waals surface area contributed by atoms with Crippen molar-refractivity contribution in [3.8, 4) is 11.5 Å². The summed E-state index contributed by atoms with van der Waals surface area (Å²) in [6.07, 6.45) is 7.71. The zero-order valence-corrected chi connectivity index (χ0v) is 13.6. The van der Waals surface area contributed by atoms with Crippen molar-refractivity contribution in [2.24, 2.45) is 0 Å². The van der Waals surface area contributed by atoms with Crippen LogP contribution >= 0.6 is 11.6 Å². The summed E-state index contributed by atoms with van der Waals surface area (Å²) >= 11 is 6.10. The molecule has 3 rings (SSSR count). The average Bonchev–Trinajstić information content (AvgIpc) is 3.04. The maximum Gasteiger partial charge on any atom is 0.146 e. The average molecular weight is 325 g/mol. The molecule has 2 aromatic carbocycles. The van der Waals surface area contributed by atoms with Crippen LogP contribution in [0.15, 0.2) is 72.8 Å². The zero-order chi connectivity index (χ0) is 16.1. The van der Waals surface area contributed by atoms with Gasteiger partial charge < -0.3 is 9.30 Å². The maximum atomic E-state index is 6.10. The van der Waals surface area contributed by atoms with Gasteiger partial charge in [0.25, 0.3) is 0 Å². The Morgan fingerprint density at radius 2 is 1.96 bits per heavy atom. The van der Waals surface area contributed by atoms with Crippen LogP contribution in [0.3, 0.4) is 0 Å². The van der Waals surface area contributed by atoms with Gasteiger partial charge in [0.15, 0.2) is 0 Å². The van der Waals surface area contributed by atoms with Crippen LogP contribution in [0.25, 0.3) is 6.08 Å². The lowest BCUT2D eigenvalue weighted by Crippen LogP contribution is -1.95. The summed E-state index contributed by atoms with van der Waals surface area (Å²) in [4.78, 5) is 4.05. The highest BCUT2D eigenvalue weighted by Gasteiger charge is 2.02. The molecule has 1 aromatic heterocycles. The molecule has 4 heteroatoms. The fraction of sp³-hybridized carbons (Fsp3) is 0.105. The van der Waals surface area contributed by atoms with Crippen LogP contribution in [0.4, 0.5) is 0 Å². The van der Waals surface area contributed by atoms with E-state index in [9.17, 15) is 0 Å². The van der Waals surface area contributed by atoms with E-state index in [4.69, 9.17) is 16.3 Å². The molecule has 0 spiro atoms. The van der Waals surface area contributed by atoms with E-state index in [1.54, 1.807) is 6.20 Å². The second-order valence-electron chi connectivity index (χ2n) is 5.33. The molecule has 0 aliphatic heterocycles. The first-order valence-corrected chi connectivity index (χ1v) is 7.74. The normalized spacial score (nSPS) is 11.5. The van der Waals surface area contributed by atoms with E-state index in [1.807, 2.05) is 65.6 Å². The van der Waals surface area contributed by atoms with Crippen molar-refractivity contribution in [1.29, 1.82) is 0 Å². The first-order valence-electron chi connectivity index (χ1n) is 7.36. The molecule has 1 heterocycles. The summed E-state index contributed by atoms with van der Waals surface area (Å²) in [6, 6.07) is 15.4. The Hall–Kier alpha value is -2.52. The molecule has 0 atom stereocenters. The Labute approximate surface area is 140 Å². The van der Waals surface area contributed by atoms with Gasteiger partial charge in [0.2, 0.25) is 0 Å². The van der Waals surface area contributed by atoms with Crippen molar-refractivity contribution in [3.63, 3.8) is 0 Å². The molecule has 0 amide bonds. The number of allylic oxidation sites excluding steroid dienone is 1. The topological polar surface area (TPSA) is 27.1 Å². The summed E-state index contributed by atoms with van der Waals surface area (Å²) in [7, 11) is 0. The molecule has 0 unspecified atom stereocenters. The van der Waals surface area contributed by atoms with Crippen LogP contribution in [0.2, 0.25) is 5.02 Å². The molecule has 23 heavy (non-hydrogen) atoms. The van der Waals surface area contributed by atoms with Crippen LogP contribution in [0, 0.1) is 0 Å². The first kappa shape index (κ1) is 15.4. The number of imidazole rings is 1. The summed E-state index contributed by atoms with van der Waals surface area (Å²) in [5.41, 5.74) is 2.39. The smallest absolute Gasteiger partial charge is 0.146 e. The quantitative estimate of drug-likeness (QED) is 0.625. The molecule has 116 valence electrons. The molecule has 3 aromatic rings. The lowest BCUT2D eigenvalue weighted by Gasteiger charge is -2.08. The van der Waals surface area contributed by atoms with Gasteiger partial charge in [0.1, 0.15) is 11.5 Å². The standard InChI is InChI=1S/C19H17ClN2O/c1-15(13-22-11-10-21-14-22)12-16-6-8-17(9-7-16)23-19-5-3-2-4-18(19)20/h2-12,14H,13H2,1H3. The van der Waals surface area contributed by atoms with Crippen LogP contribution < -0.4 is 4.74 Å². The minimum absolute atomic E-state index is 0.604. The van der Waals surface area contributed by atoms with Gasteiger partial charge in [-0.25, -0.2) is 4.98 Å². The molecule has 3 nitrogen and oxygen atoms in total. The van der Waals surface area contributed by atoms with Crippen molar-refractivity contribution >= 4 is 17.7 Å². The third-order valence-electron chi connectivity index (χ3n) is 3.35. The van der Waals surface area contributed by atoms with Crippen molar-refractivity contribution in [2.75, 3.05) is 0 Å². The Morgan fingerprint density at radius 3 is 2.65 bits per heavy atom. The van der Waals surface area contributed by atoms with Crippen LogP contribution in [-0.2, 0) is 6.54 Å². The summed E-state index contributed by atoms with van der Waals surface area (Å²) in [5.74, 6) is 1.43. The van der Waals surface area contributed by atoms with Gasteiger partial charge in [-0.1, -0.05) is 47.5 Å². The molecule has 0 aliphatic carbocycles. The van der Waals surface area contributed by atoms with Crippen molar-refractivity contribution in [3.05, 3.63) is 83.4 Å². The minimum Gasteiger partial charge on any atom is -0.456 e. The van der Waals surface area contributed by atoms with Gasteiger partial charge >= 0.3 is 0 Å². The number of halogens is 1. The van der Waals surface area contributed by atoms with Gasteiger partial charge in [-0.05, 0) is 36.8 Å². The predicted octanol–water partition coefficient (Wildman–Crippen LogP) is 5.43. The Balaban J connectivity index is 1.68. The van der Waals surface area contributed by atoms with E-state index < -0.39 is 0 Å². The molecule has 0 saturated carbocycles. The van der Waals surface area contributed by atoms with Crippen LogP contribution in [-0.4, -0.2) is 9.55 Å². The van der Waals surface area contributed by atoms with Crippen LogP contribution in [0.1, 0.15) is 12.5 Å². The first-order chi connectivity index (χ1) is 11.2.